The standard InChI is InChI=1S/C25H28N2O5S/c1-27-21-10-6-5-9-19(21)25(26-15-7-3-2-4-12-24(28)29)20-14-13-18(22-11-8-16-32-22)17-23(20)33(27,30)31/h5-6,8-11,13-14,16-17,25-26H,2-4,7,12,15H2,1H3,(H,28,29). The van der Waals surface area contributed by atoms with Crippen molar-refractivity contribution in [2.75, 3.05) is 17.9 Å². The molecular weight excluding hydrogens is 440 g/mol. The summed E-state index contributed by atoms with van der Waals surface area (Å²) >= 11 is 0. The minimum absolute atomic E-state index is 0.193. The number of aliphatic carboxylic acids is 1. The van der Waals surface area contributed by atoms with Crippen molar-refractivity contribution < 1.29 is 22.7 Å². The van der Waals surface area contributed by atoms with Crippen LogP contribution in [0.1, 0.15) is 49.3 Å². The van der Waals surface area contributed by atoms with Crippen LogP contribution in [0.4, 0.5) is 5.69 Å². The first-order valence-electron chi connectivity index (χ1n) is 11.1. The monoisotopic (exact) mass is 468 g/mol. The largest absolute Gasteiger partial charge is 0.481 e. The van der Waals surface area contributed by atoms with Crippen LogP contribution >= 0.6 is 0 Å². The lowest BCUT2D eigenvalue weighted by Crippen LogP contribution is -2.26. The van der Waals surface area contributed by atoms with Crippen molar-refractivity contribution in [3.63, 3.8) is 0 Å². The molecule has 33 heavy (non-hydrogen) atoms. The van der Waals surface area contributed by atoms with Gasteiger partial charge in [-0.15, -0.1) is 0 Å². The van der Waals surface area contributed by atoms with Crippen molar-refractivity contribution >= 4 is 21.7 Å². The van der Waals surface area contributed by atoms with Crippen LogP contribution < -0.4 is 9.62 Å². The highest BCUT2D eigenvalue weighted by atomic mass is 32.2. The number of hydrogen-bond donors (Lipinski definition) is 2. The van der Waals surface area contributed by atoms with E-state index in [2.05, 4.69) is 5.32 Å². The van der Waals surface area contributed by atoms with Gasteiger partial charge >= 0.3 is 5.97 Å². The number of fused-ring (bicyclic) bond motifs is 2. The number of carbonyl (C=O) groups is 1. The molecule has 1 aliphatic heterocycles. The van der Waals surface area contributed by atoms with E-state index < -0.39 is 16.0 Å². The summed E-state index contributed by atoms with van der Waals surface area (Å²) in [5.41, 5.74) is 2.96. The molecular formula is C25H28N2O5S. The van der Waals surface area contributed by atoms with Gasteiger partial charge in [-0.25, -0.2) is 8.42 Å². The first kappa shape index (κ1) is 23.1. The van der Waals surface area contributed by atoms with E-state index in [0.717, 1.165) is 24.8 Å². The summed E-state index contributed by atoms with van der Waals surface area (Å²) in [7, 11) is -2.19. The Labute approximate surface area is 194 Å². The molecule has 0 fully saturated rings. The Morgan fingerprint density at radius 3 is 2.58 bits per heavy atom. The summed E-state index contributed by atoms with van der Waals surface area (Å²) in [5.74, 6) is -0.151. The lowest BCUT2D eigenvalue weighted by molar-refractivity contribution is -0.137. The van der Waals surface area contributed by atoms with E-state index in [9.17, 15) is 13.2 Å². The first-order valence-corrected chi connectivity index (χ1v) is 12.5. The van der Waals surface area contributed by atoms with Crippen LogP contribution in [0, 0.1) is 0 Å². The Balaban J connectivity index is 1.65. The summed E-state index contributed by atoms with van der Waals surface area (Å²) in [6.45, 7) is 0.690. The second-order valence-electron chi connectivity index (χ2n) is 8.21. The maximum Gasteiger partial charge on any atom is 0.303 e. The van der Waals surface area contributed by atoms with Crippen molar-refractivity contribution in [3.05, 3.63) is 72.0 Å². The van der Waals surface area contributed by atoms with Gasteiger partial charge in [0.05, 0.1) is 22.9 Å². The molecule has 0 saturated heterocycles. The number of nitrogens with zero attached hydrogens (tertiary/aromatic N) is 1. The molecule has 0 radical (unpaired) electrons. The summed E-state index contributed by atoms with van der Waals surface area (Å²) in [4.78, 5) is 10.9. The van der Waals surface area contributed by atoms with E-state index in [4.69, 9.17) is 9.52 Å². The van der Waals surface area contributed by atoms with Gasteiger partial charge in [-0.05, 0) is 54.8 Å². The zero-order chi connectivity index (χ0) is 23.4. The number of hydrogen-bond acceptors (Lipinski definition) is 5. The van der Waals surface area contributed by atoms with Crippen LogP contribution in [0.2, 0.25) is 0 Å². The summed E-state index contributed by atoms with van der Waals surface area (Å²) in [6.07, 6.45) is 5.08. The SMILES string of the molecule is CN1c2ccccc2C(NCCCCCCC(=O)O)c2ccc(-c3ccco3)cc2S1(=O)=O. The zero-order valence-electron chi connectivity index (χ0n) is 18.5. The van der Waals surface area contributed by atoms with Gasteiger partial charge < -0.3 is 14.8 Å². The number of benzene rings is 2. The molecule has 3 aromatic rings. The number of sulfonamides is 1. The van der Waals surface area contributed by atoms with Gasteiger partial charge in [0.1, 0.15) is 5.76 Å². The predicted molar refractivity (Wildman–Crippen MR) is 127 cm³/mol. The van der Waals surface area contributed by atoms with Crippen LogP contribution in [-0.2, 0) is 14.8 Å². The lowest BCUT2D eigenvalue weighted by atomic mass is 9.95. The van der Waals surface area contributed by atoms with E-state index in [0.29, 0.717) is 35.5 Å². The Bertz CT molecular complexity index is 1220. The average Bonchev–Trinajstić information content (AvgIpc) is 3.33. The van der Waals surface area contributed by atoms with Crippen LogP contribution in [0.5, 0.6) is 0 Å². The molecule has 1 aliphatic rings. The maximum absolute atomic E-state index is 13.6. The lowest BCUT2D eigenvalue weighted by Gasteiger charge is -2.22. The Morgan fingerprint density at radius 1 is 1.03 bits per heavy atom. The van der Waals surface area contributed by atoms with E-state index in [1.807, 2.05) is 42.5 Å². The van der Waals surface area contributed by atoms with Gasteiger partial charge in [0.25, 0.3) is 10.0 Å². The molecule has 8 heteroatoms. The average molecular weight is 469 g/mol. The summed E-state index contributed by atoms with van der Waals surface area (Å²) in [6, 6.07) is 16.3. The van der Waals surface area contributed by atoms with Crippen molar-refractivity contribution in [3.8, 4) is 11.3 Å². The fraction of sp³-hybridized carbons (Fsp3) is 0.320. The normalized spacial score (nSPS) is 16.6. The smallest absolute Gasteiger partial charge is 0.303 e. The number of carboxylic acid groups (broad SMARTS) is 1. The molecule has 1 atom stereocenters. The number of anilines is 1. The second-order valence-corrected chi connectivity index (χ2v) is 10.1. The van der Waals surface area contributed by atoms with E-state index >= 15 is 0 Å². The van der Waals surface area contributed by atoms with Gasteiger partial charge in [0, 0.05) is 19.0 Å². The third-order valence-electron chi connectivity index (χ3n) is 6.02. The van der Waals surface area contributed by atoms with Crippen molar-refractivity contribution in [1.29, 1.82) is 0 Å². The first-order chi connectivity index (χ1) is 15.9. The Morgan fingerprint density at radius 2 is 1.82 bits per heavy atom. The topological polar surface area (TPSA) is 99.8 Å². The molecule has 4 rings (SSSR count). The third kappa shape index (κ3) is 4.82. The highest BCUT2D eigenvalue weighted by molar-refractivity contribution is 7.92. The second kappa shape index (κ2) is 9.80. The molecule has 0 aliphatic carbocycles. The highest BCUT2D eigenvalue weighted by Crippen LogP contribution is 2.41. The van der Waals surface area contributed by atoms with Crippen molar-refractivity contribution in [2.45, 2.75) is 43.0 Å². The van der Waals surface area contributed by atoms with Crippen LogP contribution in [0.25, 0.3) is 11.3 Å². The number of nitrogens with one attached hydrogen (secondary N) is 1. The van der Waals surface area contributed by atoms with Gasteiger partial charge in [-0.2, -0.15) is 0 Å². The number of para-hydroxylation sites is 1. The molecule has 1 unspecified atom stereocenters. The van der Waals surface area contributed by atoms with Gasteiger partial charge in [0.15, 0.2) is 0 Å². The number of furan rings is 1. The van der Waals surface area contributed by atoms with Crippen LogP contribution in [-0.4, -0.2) is 33.1 Å². The molecule has 0 saturated carbocycles. The Kier molecular flexibility index (Phi) is 6.85. The Hall–Kier alpha value is -3.10. The highest BCUT2D eigenvalue weighted by Gasteiger charge is 2.35. The molecule has 2 heterocycles. The maximum atomic E-state index is 13.6. The minimum atomic E-state index is -3.77. The predicted octanol–water partition coefficient (Wildman–Crippen LogP) is 4.80. The quantitative estimate of drug-likeness (QED) is 0.438. The summed E-state index contributed by atoms with van der Waals surface area (Å²) in [5, 5.41) is 12.3. The van der Waals surface area contributed by atoms with Gasteiger partial charge in [-0.1, -0.05) is 43.2 Å². The molecule has 2 N–H and O–H groups in total. The van der Waals surface area contributed by atoms with Crippen molar-refractivity contribution in [2.24, 2.45) is 0 Å². The molecule has 7 nitrogen and oxygen atoms in total. The molecule has 2 aromatic carbocycles. The minimum Gasteiger partial charge on any atom is -0.481 e. The number of unbranched alkanes of at least 4 members (excludes halogenated alkanes) is 3. The van der Waals surface area contributed by atoms with Gasteiger partial charge in [0.2, 0.25) is 0 Å². The number of carboxylic acids is 1. The third-order valence-corrected chi connectivity index (χ3v) is 7.85. The van der Waals surface area contributed by atoms with E-state index in [1.165, 1.54) is 4.31 Å². The van der Waals surface area contributed by atoms with E-state index in [-0.39, 0.29) is 17.4 Å². The number of rotatable bonds is 9. The fourth-order valence-corrected chi connectivity index (χ4v) is 5.76. The molecule has 174 valence electrons. The molecule has 0 bridgehead atoms. The molecule has 1 aromatic heterocycles. The van der Waals surface area contributed by atoms with Crippen LogP contribution in [0.3, 0.4) is 0 Å². The zero-order valence-corrected chi connectivity index (χ0v) is 19.3. The fourth-order valence-electron chi connectivity index (χ4n) is 4.28. The van der Waals surface area contributed by atoms with Crippen LogP contribution in [0.15, 0.2) is 70.2 Å². The molecule has 0 amide bonds. The van der Waals surface area contributed by atoms with E-state index in [1.54, 1.807) is 25.4 Å². The summed E-state index contributed by atoms with van der Waals surface area (Å²) < 4.78 is 34.0. The van der Waals surface area contributed by atoms with Crippen molar-refractivity contribution in [1.82, 2.24) is 5.32 Å². The van der Waals surface area contributed by atoms with Gasteiger partial charge in [-0.3, -0.25) is 9.10 Å². The molecule has 0 spiro atoms.